The van der Waals surface area contributed by atoms with Gasteiger partial charge in [-0.2, -0.15) is 0 Å². The van der Waals surface area contributed by atoms with Gasteiger partial charge in [0.15, 0.2) is 5.66 Å². The van der Waals surface area contributed by atoms with Crippen molar-refractivity contribution >= 4 is 11.7 Å². The number of nitrogens with zero attached hydrogens (tertiary/aromatic N) is 1. The number of nitrogens with one attached hydrogen (secondary N) is 1. The van der Waals surface area contributed by atoms with Crippen LogP contribution in [-0.4, -0.2) is 24.5 Å². The van der Waals surface area contributed by atoms with Crippen LogP contribution in [0.2, 0.25) is 0 Å². The lowest BCUT2D eigenvalue weighted by atomic mass is 9.80. The first-order valence-corrected chi connectivity index (χ1v) is 10.3. The molecule has 0 bridgehead atoms. The van der Waals surface area contributed by atoms with Gasteiger partial charge in [0.1, 0.15) is 11.6 Å². The van der Waals surface area contributed by atoms with E-state index in [2.05, 4.69) is 31.1 Å². The molecule has 0 heterocycles. The number of allylic oxidation sites excluding steroid dienone is 2. The van der Waals surface area contributed by atoms with E-state index < -0.39 is 17.5 Å². The van der Waals surface area contributed by atoms with E-state index >= 15 is 0 Å². The second-order valence-corrected chi connectivity index (χ2v) is 8.59. The van der Waals surface area contributed by atoms with Crippen LogP contribution in [0.5, 0.6) is 5.75 Å². The molecule has 2 aromatic carbocycles. The Labute approximate surface area is 185 Å². The number of amidine groups is 1. The van der Waals surface area contributed by atoms with E-state index in [1.807, 2.05) is 67.6 Å². The van der Waals surface area contributed by atoms with Crippen LogP contribution in [0.15, 0.2) is 71.4 Å². The van der Waals surface area contributed by atoms with Gasteiger partial charge in [0.25, 0.3) is 5.91 Å². The predicted octanol–water partition coefficient (Wildman–Crippen LogP) is 3.93. The number of rotatable bonds is 6. The molecule has 1 amide bonds. The third-order valence-corrected chi connectivity index (χ3v) is 5.08. The zero-order chi connectivity index (χ0) is 23.2. The number of amides is 1. The maximum Gasteiger partial charge on any atom is 0.260 e. The van der Waals surface area contributed by atoms with Crippen molar-refractivity contribution in [3.8, 4) is 5.75 Å². The molecule has 0 aliphatic carbocycles. The third-order valence-electron chi connectivity index (χ3n) is 5.08. The molecule has 5 N–H and O–H groups in total. The summed E-state index contributed by atoms with van der Waals surface area (Å²) >= 11 is 0. The van der Waals surface area contributed by atoms with Gasteiger partial charge >= 0.3 is 0 Å². The zero-order valence-corrected chi connectivity index (χ0v) is 19.3. The summed E-state index contributed by atoms with van der Waals surface area (Å²) in [4.78, 5) is 17.8. The molecule has 1 unspecified atom stereocenters. The van der Waals surface area contributed by atoms with Crippen LogP contribution in [0.4, 0.5) is 0 Å². The first-order chi connectivity index (χ1) is 14.5. The summed E-state index contributed by atoms with van der Waals surface area (Å²) in [5.74, 6) is -0.127. The monoisotopic (exact) mass is 422 g/mol. The van der Waals surface area contributed by atoms with Crippen LogP contribution < -0.4 is 21.5 Å². The summed E-state index contributed by atoms with van der Waals surface area (Å²) < 4.78 is 5.53. The SMILES string of the molecule is C/C=C(\N=C(C)NC(=O)C(N)(N)C(c1ccccc1)c1ccccc1OC)C(C)(C)C. The van der Waals surface area contributed by atoms with E-state index in [-0.39, 0.29) is 5.41 Å². The number of methoxy groups -OCH3 is 1. The molecule has 2 rings (SSSR count). The minimum Gasteiger partial charge on any atom is -0.496 e. The Morgan fingerprint density at radius 1 is 1.06 bits per heavy atom. The first-order valence-electron chi connectivity index (χ1n) is 10.3. The Balaban J connectivity index is 2.47. The molecule has 0 aliphatic heterocycles. The van der Waals surface area contributed by atoms with Crippen molar-refractivity contribution < 1.29 is 9.53 Å². The summed E-state index contributed by atoms with van der Waals surface area (Å²) in [5, 5.41) is 2.79. The van der Waals surface area contributed by atoms with E-state index in [0.717, 1.165) is 16.8 Å². The van der Waals surface area contributed by atoms with Crippen molar-refractivity contribution in [2.45, 2.75) is 46.2 Å². The molecule has 31 heavy (non-hydrogen) atoms. The molecular formula is C25H34N4O2. The predicted molar refractivity (Wildman–Crippen MR) is 127 cm³/mol. The molecule has 0 aromatic heterocycles. The number of carbonyl (C=O) groups excluding carboxylic acids is 1. The van der Waals surface area contributed by atoms with Crippen molar-refractivity contribution in [1.29, 1.82) is 0 Å². The maximum absolute atomic E-state index is 13.3. The normalized spacial score (nSPS) is 14.2. The van der Waals surface area contributed by atoms with Gasteiger partial charge in [-0.25, -0.2) is 4.99 Å². The lowest BCUT2D eigenvalue weighted by Gasteiger charge is -2.34. The Morgan fingerprint density at radius 2 is 1.65 bits per heavy atom. The minimum absolute atomic E-state index is 0.159. The number of aliphatic imine (C=N–C) groups is 1. The smallest absolute Gasteiger partial charge is 0.260 e. The van der Waals surface area contributed by atoms with Gasteiger partial charge in [0.05, 0.1) is 13.0 Å². The van der Waals surface area contributed by atoms with Gasteiger partial charge in [-0.05, 0) is 25.5 Å². The maximum atomic E-state index is 13.3. The highest BCUT2D eigenvalue weighted by atomic mass is 16.5. The fourth-order valence-corrected chi connectivity index (χ4v) is 3.54. The number of ether oxygens (including phenoxy) is 1. The molecule has 0 saturated carbocycles. The Bertz CT molecular complexity index is 957. The zero-order valence-electron chi connectivity index (χ0n) is 19.3. The molecule has 166 valence electrons. The highest BCUT2D eigenvalue weighted by Gasteiger charge is 2.42. The minimum atomic E-state index is -1.76. The summed E-state index contributed by atoms with van der Waals surface area (Å²) in [6, 6.07) is 16.9. The van der Waals surface area contributed by atoms with Crippen molar-refractivity contribution in [3.63, 3.8) is 0 Å². The largest absolute Gasteiger partial charge is 0.496 e. The van der Waals surface area contributed by atoms with Crippen molar-refractivity contribution in [3.05, 3.63) is 77.5 Å². The lowest BCUT2D eigenvalue weighted by molar-refractivity contribution is -0.125. The quantitative estimate of drug-likeness (QED) is 0.373. The lowest BCUT2D eigenvalue weighted by Crippen LogP contribution is -2.65. The van der Waals surface area contributed by atoms with E-state index in [9.17, 15) is 4.79 Å². The molecule has 1 atom stereocenters. The van der Waals surface area contributed by atoms with E-state index in [1.54, 1.807) is 14.0 Å². The Kier molecular flexibility index (Phi) is 7.76. The fraction of sp³-hybridized carbons (Fsp3) is 0.360. The van der Waals surface area contributed by atoms with Crippen molar-refractivity contribution in [1.82, 2.24) is 5.32 Å². The molecule has 6 heteroatoms. The Hall–Kier alpha value is -2.96. The average Bonchev–Trinajstić information content (AvgIpc) is 2.72. The summed E-state index contributed by atoms with van der Waals surface area (Å²) in [7, 11) is 1.58. The summed E-state index contributed by atoms with van der Waals surface area (Å²) in [6.07, 6.45) is 1.93. The van der Waals surface area contributed by atoms with Crippen LogP contribution in [0, 0.1) is 5.41 Å². The second-order valence-electron chi connectivity index (χ2n) is 8.59. The molecule has 2 aromatic rings. The van der Waals surface area contributed by atoms with Crippen molar-refractivity contribution in [2.24, 2.45) is 21.9 Å². The van der Waals surface area contributed by atoms with E-state index in [1.165, 1.54) is 0 Å². The number of nitrogens with two attached hydrogens (primary N) is 2. The number of hydrogen-bond donors (Lipinski definition) is 3. The molecule has 0 radical (unpaired) electrons. The second kappa shape index (κ2) is 9.90. The van der Waals surface area contributed by atoms with Gasteiger partial charge in [0, 0.05) is 16.7 Å². The molecule has 0 aliphatic rings. The molecule has 0 spiro atoms. The van der Waals surface area contributed by atoms with Gasteiger partial charge < -0.3 is 21.5 Å². The van der Waals surface area contributed by atoms with Gasteiger partial charge in [0.2, 0.25) is 0 Å². The summed E-state index contributed by atoms with van der Waals surface area (Å²) in [5.41, 5.74) is 13.5. The van der Waals surface area contributed by atoms with E-state index in [4.69, 9.17) is 16.2 Å². The number of para-hydroxylation sites is 1. The molecule has 0 saturated heterocycles. The van der Waals surface area contributed by atoms with Crippen LogP contribution in [0.3, 0.4) is 0 Å². The fourth-order valence-electron chi connectivity index (χ4n) is 3.54. The van der Waals surface area contributed by atoms with Crippen LogP contribution in [0.1, 0.15) is 51.7 Å². The first kappa shape index (κ1) is 24.3. The van der Waals surface area contributed by atoms with Crippen LogP contribution in [-0.2, 0) is 4.79 Å². The number of benzene rings is 2. The van der Waals surface area contributed by atoms with Gasteiger partial charge in [-0.15, -0.1) is 0 Å². The van der Waals surface area contributed by atoms with Crippen LogP contribution >= 0.6 is 0 Å². The standard InChI is InChI=1S/C25H34N4O2/c1-7-21(24(3,4)5)28-17(2)29-23(30)25(26,27)22(18-13-9-8-10-14-18)19-15-11-12-16-20(19)31-6/h7-16,22H,26-27H2,1-6H3,(H,28,29,30)/b21-7-. The molecule has 0 fully saturated rings. The summed E-state index contributed by atoms with van der Waals surface area (Å²) in [6.45, 7) is 9.82. The number of hydrogen-bond acceptors (Lipinski definition) is 5. The Morgan fingerprint density at radius 3 is 2.19 bits per heavy atom. The third kappa shape index (κ3) is 5.81. The van der Waals surface area contributed by atoms with Crippen molar-refractivity contribution in [2.75, 3.05) is 7.11 Å². The highest BCUT2D eigenvalue weighted by Crippen LogP contribution is 2.36. The van der Waals surface area contributed by atoms with E-state index in [0.29, 0.717) is 11.6 Å². The van der Waals surface area contributed by atoms with Gasteiger partial charge in [-0.1, -0.05) is 75.4 Å². The number of carbonyl (C=O) groups is 1. The average molecular weight is 423 g/mol. The topological polar surface area (TPSA) is 103 Å². The molecular weight excluding hydrogens is 388 g/mol. The highest BCUT2D eigenvalue weighted by molar-refractivity contribution is 6.02. The van der Waals surface area contributed by atoms with Gasteiger partial charge in [-0.3, -0.25) is 4.79 Å². The molecule has 6 nitrogen and oxygen atoms in total. The van der Waals surface area contributed by atoms with Crippen LogP contribution in [0.25, 0.3) is 0 Å².